The van der Waals surface area contributed by atoms with Crippen molar-refractivity contribution in [1.82, 2.24) is 10.2 Å². The first-order valence-corrected chi connectivity index (χ1v) is 17.5. The van der Waals surface area contributed by atoms with E-state index in [1.54, 1.807) is 5.57 Å². The minimum Gasteiger partial charge on any atom is -0.465 e. The zero-order valence-corrected chi connectivity index (χ0v) is 28.9. The number of carbonyl (C=O) groups excluding carboxylic acids is 1. The van der Waals surface area contributed by atoms with Crippen molar-refractivity contribution in [2.45, 2.75) is 138 Å². The van der Waals surface area contributed by atoms with Crippen LogP contribution in [-0.2, 0) is 21.4 Å². The number of esters is 1. The molecule has 0 amide bonds. The Balaban J connectivity index is 1.46. The van der Waals surface area contributed by atoms with Crippen LogP contribution in [0.1, 0.15) is 137 Å². The van der Waals surface area contributed by atoms with E-state index in [-0.39, 0.29) is 44.4 Å². The molecule has 0 saturated heterocycles. The zero-order chi connectivity index (χ0) is 29.8. The number of H-pyrrole nitrogens is 1. The lowest BCUT2D eigenvalue weighted by Crippen LogP contribution is -2.65. The van der Waals surface area contributed by atoms with Crippen LogP contribution in [0.4, 0.5) is 0 Å². The van der Waals surface area contributed by atoms with Crippen LogP contribution in [0.5, 0.6) is 0 Å². The van der Waals surface area contributed by atoms with E-state index in [1.807, 2.05) is 0 Å². The normalized spacial score (nSPS) is 42.3. The number of aryl methyl sites for hydroxylation is 1. The summed E-state index contributed by atoms with van der Waals surface area (Å²) in [6.07, 6.45) is 11.9. The molecule has 41 heavy (non-hydrogen) atoms. The second-order valence-corrected chi connectivity index (χ2v) is 18.0. The third-order valence-corrected chi connectivity index (χ3v) is 14.9. The van der Waals surface area contributed by atoms with Gasteiger partial charge in [-0.25, -0.2) is 0 Å². The summed E-state index contributed by atoms with van der Waals surface area (Å²) in [6, 6.07) is 0. The number of halogens is 1. The maximum absolute atomic E-state index is 14.1. The van der Waals surface area contributed by atoms with E-state index in [0.29, 0.717) is 18.4 Å². The number of nitrogens with one attached hydrogen (secondary N) is 1. The number of aromatic amines is 1. The molecule has 3 fully saturated rings. The highest BCUT2D eigenvalue weighted by molar-refractivity contribution is 9.11. The van der Waals surface area contributed by atoms with Crippen LogP contribution in [0.2, 0.25) is 0 Å². The van der Waals surface area contributed by atoms with Gasteiger partial charge < -0.3 is 4.74 Å². The minimum absolute atomic E-state index is 0.0587. The third-order valence-electron chi connectivity index (χ3n) is 14.2. The molecule has 6 rings (SSSR count). The van der Waals surface area contributed by atoms with Crippen molar-refractivity contribution < 1.29 is 9.53 Å². The Labute approximate surface area is 257 Å². The van der Waals surface area contributed by atoms with E-state index in [2.05, 4.69) is 83.3 Å². The highest BCUT2D eigenvalue weighted by Gasteiger charge is 2.70. The van der Waals surface area contributed by atoms with Gasteiger partial charge in [-0.3, -0.25) is 9.89 Å². The largest absolute Gasteiger partial charge is 0.465 e. The molecule has 1 N–H and O–H groups in total. The van der Waals surface area contributed by atoms with Crippen molar-refractivity contribution in [3.05, 3.63) is 27.0 Å². The number of carbonyl (C=O) groups is 1. The molecule has 1 aromatic heterocycles. The van der Waals surface area contributed by atoms with Gasteiger partial charge in [0.05, 0.1) is 17.7 Å². The van der Waals surface area contributed by atoms with Crippen molar-refractivity contribution in [3.63, 3.8) is 0 Å². The summed E-state index contributed by atoms with van der Waals surface area (Å²) >= 11 is 4.31. The molecule has 0 radical (unpaired) electrons. The fourth-order valence-electron chi connectivity index (χ4n) is 11.6. The number of fused-ring (bicyclic) bond motifs is 8. The van der Waals surface area contributed by atoms with Gasteiger partial charge in [-0.2, -0.15) is 5.10 Å². The molecule has 4 nitrogen and oxygen atoms in total. The molecule has 1 aromatic rings. The van der Waals surface area contributed by atoms with Crippen molar-refractivity contribution in [2.75, 3.05) is 6.61 Å². The van der Waals surface area contributed by atoms with Crippen LogP contribution in [-0.4, -0.2) is 22.8 Å². The van der Waals surface area contributed by atoms with Crippen LogP contribution in [0, 0.1) is 51.8 Å². The van der Waals surface area contributed by atoms with E-state index in [1.165, 1.54) is 34.3 Å². The monoisotopic (exact) mass is 626 g/mol. The topological polar surface area (TPSA) is 55.0 Å². The predicted octanol–water partition coefficient (Wildman–Crippen LogP) is 9.60. The third kappa shape index (κ3) is 3.94. The van der Waals surface area contributed by atoms with Crippen LogP contribution in [0.25, 0.3) is 0 Å². The molecule has 5 aliphatic rings. The van der Waals surface area contributed by atoms with Crippen LogP contribution >= 0.6 is 15.9 Å². The summed E-state index contributed by atoms with van der Waals surface area (Å²) in [5, 5.41) is 8.23. The van der Waals surface area contributed by atoms with Gasteiger partial charge in [0.25, 0.3) is 0 Å². The molecule has 5 heteroatoms. The van der Waals surface area contributed by atoms with Crippen molar-refractivity contribution >= 4 is 21.9 Å². The van der Waals surface area contributed by atoms with E-state index in [9.17, 15) is 4.79 Å². The molecule has 0 aliphatic heterocycles. The molecule has 228 valence electrons. The SMILES string of the molecule is CCCCOC(=O)[C@]12CCC(C)(C)C[C@H]1C1=C(Br)CC3[C@@]4(C)Cc5c(n[nH]c5C)C(C)(C)[C@@H]4CC[C@@]3(C)[C@]1(C)CC2. The van der Waals surface area contributed by atoms with Crippen molar-refractivity contribution in [1.29, 1.82) is 0 Å². The number of allylic oxidation sites excluding steroid dienone is 2. The number of hydrogen-bond donors (Lipinski definition) is 1. The summed E-state index contributed by atoms with van der Waals surface area (Å²) in [6.45, 7) is 22.6. The van der Waals surface area contributed by atoms with Gasteiger partial charge in [-0.15, -0.1) is 0 Å². The molecule has 3 saturated carbocycles. The first kappa shape index (κ1) is 29.9. The average molecular weight is 628 g/mol. The Morgan fingerprint density at radius 2 is 1.73 bits per heavy atom. The molecule has 1 unspecified atom stereocenters. The lowest BCUT2D eigenvalue weighted by molar-refractivity contribution is -0.181. The second-order valence-electron chi connectivity index (χ2n) is 17.1. The lowest BCUT2D eigenvalue weighted by atomic mass is 9.33. The molecule has 7 atom stereocenters. The lowest BCUT2D eigenvalue weighted by Gasteiger charge is -2.71. The summed E-state index contributed by atoms with van der Waals surface area (Å²) < 4.78 is 7.51. The molecule has 1 heterocycles. The van der Waals surface area contributed by atoms with Gasteiger partial charge in [0.2, 0.25) is 0 Å². The fourth-order valence-corrected chi connectivity index (χ4v) is 12.7. The molecule has 0 spiro atoms. The predicted molar refractivity (Wildman–Crippen MR) is 170 cm³/mol. The average Bonchev–Trinajstić information content (AvgIpc) is 3.25. The Bertz CT molecular complexity index is 1280. The van der Waals surface area contributed by atoms with Gasteiger partial charge in [-0.05, 0) is 126 Å². The van der Waals surface area contributed by atoms with E-state index in [4.69, 9.17) is 9.84 Å². The van der Waals surface area contributed by atoms with Crippen LogP contribution in [0.15, 0.2) is 10.1 Å². The molecule has 0 aromatic carbocycles. The number of unbranched alkanes of at least 4 members (excludes halogenated alkanes) is 1. The number of rotatable bonds is 4. The highest BCUT2D eigenvalue weighted by atomic mass is 79.9. The zero-order valence-electron chi connectivity index (χ0n) is 27.4. The van der Waals surface area contributed by atoms with Gasteiger partial charge in [-0.1, -0.05) is 77.7 Å². The molecule has 0 bridgehead atoms. The fraction of sp³-hybridized carbons (Fsp3) is 0.833. The summed E-state index contributed by atoms with van der Waals surface area (Å²) in [5.74, 6) is 1.56. The standard InChI is InChI=1S/C36H55BrN2O2/c1-10-11-18-41-30(40)36-16-14-31(3,4)21-24(36)28-25(37)19-27-33(7)20-23-22(2)38-39-29(23)32(5,6)26(33)12-13-34(27,8)35(28,9)15-17-36/h24,26-27H,10-21H2,1-9H3,(H,38,39)/t24-,26-,27?,33-,34+,35+,36-/m0/s1. The quantitative estimate of drug-likeness (QED) is 0.267. The Kier molecular flexibility index (Phi) is 6.90. The Morgan fingerprint density at radius 3 is 2.44 bits per heavy atom. The number of ether oxygens (including phenoxy) is 1. The van der Waals surface area contributed by atoms with Crippen molar-refractivity contribution in [3.8, 4) is 0 Å². The van der Waals surface area contributed by atoms with E-state index in [0.717, 1.165) is 57.8 Å². The summed E-state index contributed by atoms with van der Waals surface area (Å²) in [5.41, 5.74) is 6.03. The number of hydrogen-bond acceptors (Lipinski definition) is 3. The van der Waals surface area contributed by atoms with E-state index < -0.39 is 0 Å². The second kappa shape index (κ2) is 9.45. The first-order valence-electron chi connectivity index (χ1n) is 16.7. The van der Waals surface area contributed by atoms with Gasteiger partial charge in [0.1, 0.15) is 0 Å². The van der Waals surface area contributed by atoms with Gasteiger partial charge in [0, 0.05) is 11.1 Å². The maximum Gasteiger partial charge on any atom is 0.312 e. The van der Waals surface area contributed by atoms with Gasteiger partial charge >= 0.3 is 5.97 Å². The van der Waals surface area contributed by atoms with Gasteiger partial charge in [0.15, 0.2) is 0 Å². The van der Waals surface area contributed by atoms with Crippen LogP contribution < -0.4 is 0 Å². The molecular formula is C36H55BrN2O2. The molecular weight excluding hydrogens is 572 g/mol. The van der Waals surface area contributed by atoms with E-state index >= 15 is 0 Å². The number of aromatic nitrogens is 2. The van der Waals surface area contributed by atoms with Crippen LogP contribution in [0.3, 0.4) is 0 Å². The summed E-state index contributed by atoms with van der Waals surface area (Å²) in [7, 11) is 0. The summed E-state index contributed by atoms with van der Waals surface area (Å²) in [4.78, 5) is 14.1. The maximum atomic E-state index is 14.1. The first-order chi connectivity index (χ1) is 19.1. The Morgan fingerprint density at radius 1 is 1.02 bits per heavy atom. The minimum atomic E-state index is -0.364. The Hall–Kier alpha value is -1.10. The van der Waals surface area contributed by atoms with Crippen molar-refractivity contribution in [2.24, 2.45) is 44.8 Å². The smallest absolute Gasteiger partial charge is 0.312 e. The highest BCUT2D eigenvalue weighted by Crippen LogP contribution is 2.76. The molecule has 5 aliphatic carbocycles. The number of nitrogens with zero attached hydrogens (tertiary/aromatic N) is 1.